The van der Waals surface area contributed by atoms with E-state index in [0.29, 0.717) is 23.7 Å². The van der Waals surface area contributed by atoms with Crippen LogP contribution in [0.25, 0.3) is 0 Å². The maximum atomic E-state index is 12.5. The van der Waals surface area contributed by atoms with E-state index in [2.05, 4.69) is 47.0 Å². The molecule has 0 aromatic heterocycles. The molecule has 27 heavy (non-hydrogen) atoms. The summed E-state index contributed by atoms with van der Waals surface area (Å²) in [6.45, 7) is 2.48. The Kier molecular flexibility index (Phi) is 6.34. The topological polar surface area (TPSA) is 47.6 Å². The molecule has 0 aliphatic heterocycles. The van der Waals surface area contributed by atoms with Gasteiger partial charge in [-0.3, -0.25) is 4.79 Å². The first-order valence-corrected chi connectivity index (χ1v) is 9.57. The van der Waals surface area contributed by atoms with E-state index in [4.69, 9.17) is 9.47 Å². The highest BCUT2D eigenvalue weighted by Gasteiger charge is 2.16. The molecule has 0 spiro atoms. The van der Waals surface area contributed by atoms with Gasteiger partial charge in [0.15, 0.2) is 11.5 Å². The standard InChI is InChI=1S/C22H20INO3/c1-15-8-10-16(11-9-15)14-27-21-19(23)12-17(13-20(21)26-2)22(25)24-18-6-4-3-5-7-18/h3-13H,14H2,1-2H3,(H,24,25). The zero-order valence-electron chi connectivity index (χ0n) is 15.2. The minimum atomic E-state index is -0.192. The number of methoxy groups -OCH3 is 1. The minimum Gasteiger partial charge on any atom is -0.493 e. The largest absolute Gasteiger partial charge is 0.493 e. The van der Waals surface area contributed by atoms with Crippen LogP contribution in [-0.4, -0.2) is 13.0 Å². The zero-order valence-corrected chi connectivity index (χ0v) is 17.3. The maximum absolute atomic E-state index is 12.5. The van der Waals surface area contributed by atoms with Crippen molar-refractivity contribution in [1.29, 1.82) is 0 Å². The van der Waals surface area contributed by atoms with Crippen LogP contribution in [0.3, 0.4) is 0 Å². The van der Waals surface area contributed by atoms with Crippen LogP contribution in [0.4, 0.5) is 5.69 Å². The highest BCUT2D eigenvalue weighted by atomic mass is 127. The molecule has 0 fully saturated rings. The van der Waals surface area contributed by atoms with Gasteiger partial charge >= 0.3 is 0 Å². The SMILES string of the molecule is COc1cc(C(=O)Nc2ccccc2)cc(I)c1OCc1ccc(C)cc1. The Morgan fingerprint density at radius 3 is 2.41 bits per heavy atom. The quantitative estimate of drug-likeness (QED) is 0.486. The maximum Gasteiger partial charge on any atom is 0.255 e. The van der Waals surface area contributed by atoms with E-state index in [-0.39, 0.29) is 5.91 Å². The van der Waals surface area contributed by atoms with Crippen LogP contribution in [0.15, 0.2) is 66.7 Å². The third-order valence-electron chi connectivity index (χ3n) is 4.03. The van der Waals surface area contributed by atoms with E-state index in [0.717, 1.165) is 14.8 Å². The van der Waals surface area contributed by atoms with Crippen LogP contribution < -0.4 is 14.8 Å². The summed E-state index contributed by atoms with van der Waals surface area (Å²) in [6.07, 6.45) is 0. The lowest BCUT2D eigenvalue weighted by Crippen LogP contribution is -2.12. The first kappa shape index (κ1) is 19.2. The Bertz CT molecular complexity index is 924. The number of aryl methyl sites for hydroxylation is 1. The molecule has 0 aliphatic carbocycles. The molecule has 4 nitrogen and oxygen atoms in total. The average Bonchev–Trinajstić information content (AvgIpc) is 2.68. The highest BCUT2D eigenvalue weighted by Crippen LogP contribution is 2.34. The molecule has 0 bridgehead atoms. The van der Waals surface area contributed by atoms with Gasteiger partial charge in [-0.25, -0.2) is 0 Å². The van der Waals surface area contributed by atoms with Crippen molar-refractivity contribution in [3.05, 3.63) is 87.0 Å². The van der Waals surface area contributed by atoms with Crippen molar-refractivity contribution >= 4 is 34.2 Å². The van der Waals surface area contributed by atoms with E-state index in [9.17, 15) is 4.79 Å². The number of carbonyl (C=O) groups excluding carboxylic acids is 1. The van der Waals surface area contributed by atoms with Crippen LogP contribution in [0.5, 0.6) is 11.5 Å². The number of ether oxygens (including phenoxy) is 2. The van der Waals surface area contributed by atoms with Crippen molar-refractivity contribution in [3.8, 4) is 11.5 Å². The number of hydrogen-bond acceptors (Lipinski definition) is 3. The number of hydrogen-bond donors (Lipinski definition) is 1. The molecule has 0 saturated heterocycles. The fourth-order valence-corrected chi connectivity index (χ4v) is 3.31. The van der Waals surface area contributed by atoms with Crippen molar-refractivity contribution in [1.82, 2.24) is 0 Å². The molecule has 0 atom stereocenters. The molecular formula is C22H20INO3. The van der Waals surface area contributed by atoms with Gasteiger partial charge in [0.2, 0.25) is 0 Å². The molecule has 3 rings (SSSR count). The number of benzene rings is 3. The number of amides is 1. The van der Waals surface area contributed by atoms with E-state index in [1.807, 2.05) is 42.5 Å². The lowest BCUT2D eigenvalue weighted by atomic mass is 10.1. The second kappa shape index (κ2) is 8.90. The molecule has 0 unspecified atom stereocenters. The fraction of sp³-hybridized carbons (Fsp3) is 0.136. The summed E-state index contributed by atoms with van der Waals surface area (Å²) in [5.41, 5.74) is 3.54. The number of carbonyl (C=O) groups is 1. The molecule has 138 valence electrons. The Balaban J connectivity index is 1.78. The van der Waals surface area contributed by atoms with Gasteiger partial charge in [0, 0.05) is 11.3 Å². The lowest BCUT2D eigenvalue weighted by molar-refractivity contribution is 0.102. The molecule has 1 amide bonds. The number of anilines is 1. The van der Waals surface area contributed by atoms with Crippen LogP contribution in [0.1, 0.15) is 21.5 Å². The van der Waals surface area contributed by atoms with Crippen molar-refractivity contribution in [3.63, 3.8) is 0 Å². The Hall–Kier alpha value is -2.54. The zero-order chi connectivity index (χ0) is 19.2. The van der Waals surface area contributed by atoms with Crippen molar-refractivity contribution in [2.45, 2.75) is 13.5 Å². The van der Waals surface area contributed by atoms with E-state index in [1.165, 1.54) is 5.56 Å². The van der Waals surface area contributed by atoms with Crippen LogP contribution >= 0.6 is 22.6 Å². The summed E-state index contributed by atoms with van der Waals surface area (Å²) in [5.74, 6) is 0.977. The molecule has 0 radical (unpaired) electrons. The average molecular weight is 473 g/mol. The number of para-hydroxylation sites is 1. The number of nitrogens with one attached hydrogen (secondary N) is 1. The molecule has 3 aromatic rings. The Morgan fingerprint density at radius 1 is 1.04 bits per heavy atom. The summed E-state index contributed by atoms with van der Waals surface area (Å²) in [7, 11) is 1.57. The molecule has 5 heteroatoms. The van der Waals surface area contributed by atoms with Gasteiger partial charge < -0.3 is 14.8 Å². The lowest BCUT2D eigenvalue weighted by Gasteiger charge is -2.15. The third-order valence-corrected chi connectivity index (χ3v) is 4.83. The first-order chi connectivity index (χ1) is 13.1. The van der Waals surface area contributed by atoms with Gasteiger partial charge in [0.05, 0.1) is 10.7 Å². The van der Waals surface area contributed by atoms with E-state index in [1.54, 1.807) is 19.2 Å². The summed E-state index contributed by atoms with van der Waals surface area (Å²) in [4.78, 5) is 12.5. The van der Waals surface area contributed by atoms with Gasteiger partial charge in [0.1, 0.15) is 6.61 Å². The normalized spacial score (nSPS) is 10.3. The third kappa shape index (κ3) is 5.01. The van der Waals surface area contributed by atoms with Crippen molar-refractivity contribution in [2.75, 3.05) is 12.4 Å². The van der Waals surface area contributed by atoms with Crippen LogP contribution in [0, 0.1) is 10.5 Å². The number of rotatable bonds is 6. The Labute approximate surface area is 172 Å². The minimum absolute atomic E-state index is 0.192. The van der Waals surface area contributed by atoms with Crippen molar-refractivity contribution in [2.24, 2.45) is 0 Å². The van der Waals surface area contributed by atoms with Crippen LogP contribution in [0.2, 0.25) is 0 Å². The monoisotopic (exact) mass is 473 g/mol. The predicted octanol–water partition coefficient (Wildman–Crippen LogP) is 5.44. The van der Waals surface area contributed by atoms with E-state index < -0.39 is 0 Å². The summed E-state index contributed by atoms with van der Waals surface area (Å²) < 4.78 is 12.3. The molecule has 0 aliphatic rings. The summed E-state index contributed by atoms with van der Waals surface area (Å²) in [5, 5.41) is 2.88. The van der Waals surface area contributed by atoms with Gasteiger partial charge in [-0.15, -0.1) is 0 Å². The van der Waals surface area contributed by atoms with Crippen molar-refractivity contribution < 1.29 is 14.3 Å². The van der Waals surface area contributed by atoms with E-state index >= 15 is 0 Å². The molecule has 0 saturated carbocycles. The molecular weight excluding hydrogens is 453 g/mol. The summed E-state index contributed by atoms with van der Waals surface area (Å²) in [6, 6.07) is 21.0. The molecule has 3 aromatic carbocycles. The number of halogens is 1. The second-order valence-electron chi connectivity index (χ2n) is 6.08. The highest BCUT2D eigenvalue weighted by molar-refractivity contribution is 14.1. The van der Waals surface area contributed by atoms with Gasteiger partial charge in [-0.1, -0.05) is 48.0 Å². The summed E-state index contributed by atoms with van der Waals surface area (Å²) >= 11 is 2.16. The van der Waals surface area contributed by atoms with Crippen LogP contribution in [-0.2, 0) is 6.61 Å². The van der Waals surface area contributed by atoms with Gasteiger partial charge in [-0.2, -0.15) is 0 Å². The Morgan fingerprint density at radius 2 is 1.74 bits per heavy atom. The van der Waals surface area contributed by atoms with Gasteiger partial charge in [-0.05, 0) is 59.3 Å². The smallest absolute Gasteiger partial charge is 0.255 e. The predicted molar refractivity (Wildman–Crippen MR) is 116 cm³/mol. The second-order valence-corrected chi connectivity index (χ2v) is 7.25. The fourth-order valence-electron chi connectivity index (χ4n) is 2.56. The molecule has 1 N–H and O–H groups in total. The molecule has 0 heterocycles. The van der Waals surface area contributed by atoms with Gasteiger partial charge in [0.25, 0.3) is 5.91 Å². The first-order valence-electron chi connectivity index (χ1n) is 8.49.